The van der Waals surface area contributed by atoms with Gasteiger partial charge in [-0.1, -0.05) is 29.8 Å². The van der Waals surface area contributed by atoms with Crippen LogP contribution in [0.1, 0.15) is 33.4 Å². The van der Waals surface area contributed by atoms with Crippen molar-refractivity contribution in [2.24, 2.45) is 5.92 Å². The Labute approximate surface area is 136 Å². The van der Waals surface area contributed by atoms with Crippen molar-refractivity contribution < 1.29 is 14.7 Å². The van der Waals surface area contributed by atoms with Crippen molar-refractivity contribution in [3.05, 3.63) is 50.9 Å². The fraction of sp³-hybridized carbons (Fsp3) is 0.267. The molecule has 22 heavy (non-hydrogen) atoms. The molecule has 0 aliphatic heterocycles. The van der Waals surface area contributed by atoms with Gasteiger partial charge in [0.1, 0.15) is 5.01 Å². The first kappa shape index (κ1) is 15.0. The fourth-order valence-corrected chi connectivity index (χ4v) is 3.37. The van der Waals surface area contributed by atoms with Gasteiger partial charge in [-0.25, -0.2) is 9.78 Å². The lowest BCUT2D eigenvalue weighted by Crippen LogP contribution is -2.24. The van der Waals surface area contributed by atoms with Crippen LogP contribution in [0.3, 0.4) is 0 Å². The zero-order chi connectivity index (χ0) is 15.7. The monoisotopic (exact) mass is 336 g/mol. The van der Waals surface area contributed by atoms with E-state index >= 15 is 0 Å². The van der Waals surface area contributed by atoms with Gasteiger partial charge < -0.3 is 10.4 Å². The van der Waals surface area contributed by atoms with E-state index in [1.54, 1.807) is 0 Å². The third-order valence-corrected chi connectivity index (χ3v) is 4.81. The van der Waals surface area contributed by atoms with Gasteiger partial charge in [-0.2, -0.15) is 0 Å². The maximum Gasteiger partial charge on any atom is 0.355 e. The number of hydrogen-bond acceptors (Lipinski definition) is 4. The van der Waals surface area contributed by atoms with E-state index in [1.165, 1.54) is 16.7 Å². The smallest absolute Gasteiger partial charge is 0.355 e. The van der Waals surface area contributed by atoms with Gasteiger partial charge in [-0.05, 0) is 24.0 Å². The van der Waals surface area contributed by atoms with E-state index in [-0.39, 0.29) is 30.0 Å². The van der Waals surface area contributed by atoms with Crippen LogP contribution in [-0.4, -0.2) is 22.0 Å². The summed E-state index contributed by atoms with van der Waals surface area (Å²) in [6, 6.07) is 7.55. The summed E-state index contributed by atoms with van der Waals surface area (Å²) >= 11 is 7.36. The first-order chi connectivity index (χ1) is 10.6. The summed E-state index contributed by atoms with van der Waals surface area (Å²) in [6.07, 6.45) is 0.786. The normalized spacial score (nSPS) is 19.7. The number of halogens is 1. The molecule has 5 nitrogen and oxygen atoms in total. The minimum absolute atomic E-state index is 0.00890. The van der Waals surface area contributed by atoms with E-state index in [1.807, 2.05) is 24.3 Å². The second kappa shape index (κ2) is 6.06. The average Bonchev–Trinajstić information content (AvgIpc) is 3.14. The number of hydrogen-bond donors (Lipinski definition) is 2. The zero-order valence-electron chi connectivity index (χ0n) is 11.5. The molecular formula is C15H13ClN2O3S. The molecule has 1 heterocycles. The molecule has 1 saturated carbocycles. The summed E-state index contributed by atoms with van der Waals surface area (Å²) in [5.74, 6) is -1.01. The number of carbonyl (C=O) groups is 2. The Bertz CT molecular complexity index is 731. The molecule has 1 aliphatic carbocycles. The minimum Gasteiger partial charge on any atom is -0.476 e. The Balaban J connectivity index is 1.55. The zero-order valence-corrected chi connectivity index (χ0v) is 13.0. The molecule has 0 radical (unpaired) electrons. The fourth-order valence-electron chi connectivity index (χ4n) is 2.39. The molecule has 7 heteroatoms. The van der Waals surface area contributed by atoms with Crippen LogP contribution in [-0.2, 0) is 11.3 Å². The van der Waals surface area contributed by atoms with Crippen LogP contribution < -0.4 is 5.32 Å². The highest BCUT2D eigenvalue weighted by atomic mass is 35.5. The highest BCUT2D eigenvalue weighted by Gasteiger charge is 2.44. The molecule has 1 amide bonds. The standard InChI is InChI=1S/C15H13ClN2O3S/c16-11-4-2-1-3-8(11)9-5-10(9)14(19)17-6-13-18-12(7-22-13)15(20)21/h1-4,7,9-10H,5-6H2,(H,17,19)(H,20,21). The van der Waals surface area contributed by atoms with Crippen molar-refractivity contribution >= 4 is 34.8 Å². The van der Waals surface area contributed by atoms with Crippen molar-refractivity contribution in [3.63, 3.8) is 0 Å². The Hall–Kier alpha value is -1.92. The van der Waals surface area contributed by atoms with E-state index in [0.717, 1.165) is 12.0 Å². The maximum absolute atomic E-state index is 12.1. The number of aromatic carboxylic acids is 1. The van der Waals surface area contributed by atoms with E-state index in [2.05, 4.69) is 10.3 Å². The van der Waals surface area contributed by atoms with Gasteiger partial charge in [0.15, 0.2) is 5.69 Å². The number of nitrogens with one attached hydrogen (secondary N) is 1. The Morgan fingerprint density at radius 1 is 1.41 bits per heavy atom. The number of thiazole rings is 1. The summed E-state index contributed by atoms with van der Waals surface area (Å²) in [6.45, 7) is 0.253. The van der Waals surface area contributed by atoms with Gasteiger partial charge in [0, 0.05) is 16.3 Å². The predicted octanol–water partition coefficient (Wildman–Crippen LogP) is 2.91. The molecule has 2 N–H and O–H groups in total. The predicted molar refractivity (Wildman–Crippen MR) is 83.2 cm³/mol. The highest BCUT2D eigenvalue weighted by molar-refractivity contribution is 7.09. The summed E-state index contributed by atoms with van der Waals surface area (Å²) < 4.78 is 0. The molecule has 1 aromatic carbocycles. The van der Waals surface area contributed by atoms with Crippen molar-refractivity contribution in [2.45, 2.75) is 18.9 Å². The van der Waals surface area contributed by atoms with Gasteiger partial charge >= 0.3 is 5.97 Å². The van der Waals surface area contributed by atoms with Crippen LogP contribution in [0.5, 0.6) is 0 Å². The number of nitrogens with zero attached hydrogens (tertiary/aromatic N) is 1. The summed E-state index contributed by atoms with van der Waals surface area (Å²) in [4.78, 5) is 26.8. The maximum atomic E-state index is 12.1. The molecule has 1 aromatic heterocycles. The van der Waals surface area contributed by atoms with Crippen molar-refractivity contribution in [1.29, 1.82) is 0 Å². The number of carboxylic acids is 1. The lowest BCUT2D eigenvalue weighted by atomic mass is 10.1. The van der Waals surface area contributed by atoms with E-state index in [0.29, 0.717) is 10.0 Å². The Morgan fingerprint density at radius 2 is 2.18 bits per heavy atom. The first-order valence-corrected chi connectivity index (χ1v) is 8.02. The average molecular weight is 337 g/mol. The van der Waals surface area contributed by atoms with Gasteiger partial charge in [-0.15, -0.1) is 11.3 Å². The second-order valence-electron chi connectivity index (χ2n) is 5.12. The van der Waals surface area contributed by atoms with Crippen LogP contribution in [0.25, 0.3) is 0 Å². The van der Waals surface area contributed by atoms with Gasteiger partial charge in [0.05, 0.1) is 6.54 Å². The number of carboxylic acid groups (broad SMARTS) is 1. The van der Waals surface area contributed by atoms with Crippen molar-refractivity contribution in [2.75, 3.05) is 0 Å². The molecule has 1 fully saturated rings. The highest BCUT2D eigenvalue weighted by Crippen LogP contribution is 2.49. The molecule has 114 valence electrons. The first-order valence-electron chi connectivity index (χ1n) is 6.76. The third kappa shape index (κ3) is 3.13. The summed E-state index contributed by atoms with van der Waals surface area (Å²) in [5.41, 5.74) is 1.02. The summed E-state index contributed by atoms with van der Waals surface area (Å²) in [5, 5.41) is 14.3. The molecule has 0 saturated heterocycles. The molecule has 1 aliphatic rings. The number of benzene rings is 1. The molecule has 0 bridgehead atoms. The SMILES string of the molecule is O=C(O)c1csc(CNC(=O)C2CC2c2ccccc2Cl)n1. The Kier molecular flexibility index (Phi) is 4.13. The minimum atomic E-state index is -1.06. The lowest BCUT2D eigenvalue weighted by molar-refractivity contribution is -0.122. The largest absolute Gasteiger partial charge is 0.476 e. The molecular weight excluding hydrogens is 324 g/mol. The second-order valence-corrected chi connectivity index (χ2v) is 6.47. The van der Waals surface area contributed by atoms with Crippen LogP contribution in [0.4, 0.5) is 0 Å². The molecule has 0 spiro atoms. The van der Waals surface area contributed by atoms with Crippen LogP contribution in [0, 0.1) is 5.92 Å². The molecule has 2 unspecified atom stereocenters. The Morgan fingerprint density at radius 3 is 2.86 bits per heavy atom. The number of amides is 1. The van der Waals surface area contributed by atoms with E-state index < -0.39 is 5.97 Å². The van der Waals surface area contributed by atoms with Crippen molar-refractivity contribution in [1.82, 2.24) is 10.3 Å². The topological polar surface area (TPSA) is 79.3 Å². The summed E-state index contributed by atoms with van der Waals surface area (Å²) in [7, 11) is 0. The molecule has 3 rings (SSSR count). The lowest BCUT2D eigenvalue weighted by Gasteiger charge is -2.04. The van der Waals surface area contributed by atoms with Crippen LogP contribution in [0.15, 0.2) is 29.6 Å². The molecule has 2 atom stereocenters. The van der Waals surface area contributed by atoms with Crippen molar-refractivity contribution in [3.8, 4) is 0 Å². The van der Waals surface area contributed by atoms with Crippen LogP contribution >= 0.6 is 22.9 Å². The van der Waals surface area contributed by atoms with E-state index in [9.17, 15) is 9.59 Å². The van der Waals surface area contributed by atoms with Gasteiger partial charge in [-0.3, -0.25) is 4.79 Å². The number of rotatable bonds is 5. The van der Waals surface area contributed by atoms with Gasteiger partial charge in [0.25, 0.3) is 0 Å². The quantitative estimate of drug-likeness (QED) is 0.879. The third-order valence-electron chi connectivity index (χ3n) is 3.62. The van der Waals surface area contributed by atoms with Crippen LogP contribution in [0.2, 0.25) is 5.02 Å². The number of aromatic nitrogens is 1. The number of carbonyl (C=O) groups excluding carboxylic acids is 1. The van der Waals surface area contributed by atoms with E-state index in [4.69, 9.17) is 16.7 Å². The molecule has 2 aromatic rings. The van der Waals surface area contributed by atoms with Gasteiger partial charge in [0.2, 0.25) is 5.91 Å².